The molecule has 1 aliphatic heterocycles. The summed E-state index contributed by atoms with van der Waals surface area (Å²) in [7, 11) is 0. The Morgan fingerprint density at radius 2 is 2.05 bits per heavy atom. The van der Waals surface area contributed by atoms with Gasteiger partial charge in [-0.2, -0.15) is 11.8 Å². The van der Waals surface area contributed by atoms with E-state index in [0.717, 1.165) is 12.2 Å². The summed E-state index contributed by atoms with van der Waals surface area (Å²) in [4.78, 5) is 35.6. The Balaban J connectivity index is 2.56. The number of hydrogen-bond donors (Lipinski definition) is 3. The van der Waals surface area contributed by atoms with Gasteiger partial charge >= 0.3 is 12.0 Å². The van der Waals surface area contributed by atoms with Crippen LogP contribution in [0.2, 0.25) is 0 Å². The lowest BCUT2D eigenvalue weighted by molar-refractivity contribution is -0.139. The topological polar surface area (TPSA) is 113 Å². The maximum Gasteiger partial charge on any atom is 0.326 e. The van der Waals surface area contributed by atoms with Gasteiger partial charge in [0.1, 0.15) is 6.04 Å². The van der Waals surface area contributed by atoms with E-state index in [1.54, 1.807) is 16.7 Å². The molecule has 0 radical (unpaired) electrons. The number of hydrogen-bond acceptors (Lipinski definition) is 4. The molecule has 0 unspecified atom stereocenters. The Bertz CT molecular complexity index is 414. The van der Waals surface area contributed by atoms with Crippen molar-refractivity contribution in [3.8, 4) is 0 Å². The van der Waals surface area contributed by atoms with Gasteiger partial charge < -0.3 is 21.1 Å². The largest absolute Gasteiger partial charge is 0.480 e. The Kier molecular flexibility index (Phi) is 6.32. The maximum absolute atomic E-state index is 12.1. The minimum atomic E-state index is -1.16. The second-order valence-electron chi connectivity index (χ2n) is 5.69. The second kappa shape index (κ2) is 7.53. The SMILES string of the molecule is CC1(C)CCN(C(=O)N[C@H](CCC(N)=O)C(=O)O)CCS1. The van der Waals surface area contributed by atoms with Gasteiger partial charge in [0.15, 0.2) is 0 Å². The van der Waals surface area contributed by atoms with Crippen LogP contribution in [0.5, 0.6) is 0 Å². The third-order valence-corrected chi connectivity index (χ3v) is 4.77. The fraction of sp³-hybridized carbons (Fsp3) is 0.769. The quantitative estimate of drug-likeness (QED) is 0.688. The van der Waals surface area contributed by atoms with Crippen molar-refractivity contribution in [2.45, 2.75) is 43.9 Å². The first-order chi connectivity index (χ1) is 9.71. The molecule has 3 amide bonds. The van der Waals surface area contributed by atoms with Crippen LogP contribution in [0.15, 0.2) is 0 Å². The molecule has 7 nitrogen and oxygen atoms in total. The molecule has 4 N–H and O–H groups in total. The minimum Gasteiger partial charge on any atom is -0.480 e. The molecule has 1 heterocycles. The minimum absolute atomic E-state index is 0.00445. The molecule has 1 aliphatic rings. The third-order valence-electron chi connectivity index (χ3n) is 3.40. The van der Waals surface area contributed by atoms with Gasteiger partial charge in [-0.15, -0.1) is 0 Å². The predicted octanol–water partition coefficient (Wildman–Crippen LogP) is 0.632. The molecule has 1 saturated heterocycles. The molecular weight excluding hydrogens is 294 g/mol. The molecule has 0 saturated carbocycles. The summed E-state index contributed by atoms with van der Waals surface area (Å²) in [5.74, 6) is -0.919. The Hall–Kier alpha value is -1.44. The van der Waals surface area contributed by atoms with Gasteiger partial charge in [-0.1, -0.05) is 13.8 Å². The van der Waals surface area contributed by atoms with Gasteiger partial charge in [-0.3, -0.25) is 4.79 Å². The summed E-state index contributed by atoms with van der Waals surface area (Å²) in [5.41, 5.74) is 5.01. The number of nitrogens with one attached hydrogen (secondary N) is 1. The van der Waals surface area contributed by atoms with Crippen LogP contribution in [-0.4, -0.2) is 57.5 Å². The van der Waals surface area contributed by atoms with Crippen LogP contribution in [-0.2, 0) is 9.59 Å². The van der Waals surface area contributed by atoms with Gasteiger partial charge in [-0.25, -0.2) is 9.59 Å². The number of carbonyl (C=O) groups is 3. The number of primary amides is 1. The lowest BCUT2D eigenvalue weighted by atomic mass is 10.1. The van der Waals surface area contributed by atoms with E-state index in [0.29, 0.717) is 13.1 Å². The van der Waals surface area contributed by atoms with Crippen molar-refractivity contribution >= 4 is 29.7 Å². The Morgan fingerprint density at radius 1 is 1.38 bits per heavy atom. The fourth-order valence-electron chi connectivity index (χ4n) is 2.01. The molecule has 0 spiro atoms. The second-order valence-corrected chi connectivity index (χ2v) is 7.49. The van der Waals surface area contributed by atoms with E-state index < -0.39 is 23.9 Å². The van der Waals surface area contributed by atoms with Crippen molar-refractivity contribution in [1.82, 2.24) is 10.2 Å². The summed E-state index contributed by atoms with van der Waals surface area (Å²) in [6.45, 7) is 5.44. The van der Waals surface area contributed by atoms with Gasteiger partial charge in [0.25, 0.3) is 0 Å². The van der Waals surface area contributed by atoms with Crippen LogP contribution in [0.4, 0.5) is 4.79 Å². The van der Waals surface area contributed by atoms with Gasteiger partial charge in [-0.05, 0) is 12.8 Å². The molecule has 1 rings (SSSR count). The Labute approximate surface area is 128 Å². The first kappa shape index (κ1) is 17.6. The number of rotatable bonds is 5. The van der Waals surface area contributed by atoms with Crippen LogP contribution < -0.4 is 11.1 Å². The molecule has 1 fully saturated rings. The summed E-state index contributed by atoms with van der Waals surface area (Å²) in [6.07, 6.45) is 0.786. The van der Waals surface area contributed by atoms with Gasteiger partial charge in [0.05, 0.1) is 0 Å². The predicted molar refractivity (Wildman–Crippen MR) is 81.1 cm³/mol. The summed E-state index contributed by atoms with van der Waals surface area (Å²) >= 11 is 1.80. The van der Waals surface area contributed by atoms with E-state index >= 15 is 0 Å². The zero-order valence-electron chi connectivity index (χ0n) is 12.4. The van der Waals surface area contributed by atoms with E-state index in [1.165, 1.54) is 0 Å². The monoisotopic (exact) mass is 317 g/mol. The van der Waals surface area contributed by atoms with E-state index in [9.17, 15) is 14.4 Å². The van der Waals surface area contributed by atoms with Crippen molar-refractivity contribution in [3.63, 3.8) is 0 Å². The number of nitrogens with zero attached hydrogens (tertiary/aromatic N) is 1. The average Bonchev–Trinajstić information content (AvgIpc) is 2.54. The molecule has 8 heteroatoms. The standard InChI is InChI=1S/C13H23N3O4S/c1-13(2)5-6-16(7-8-21-13)12(20)15-9(11(18)19)3-4-10(14)17/h9H,3-8H2,1-2H3,(H2,14,17)(H,15,20)(H,18,19)/t9-/m1/s1. The van der Waals surface area contributed by atoms with Crippen molar-refractivity contribution in [2.24, 2.45) is 5.73 Å². The summed E-state index contributed by atoms with van der Waals surface area (Å²) in [5, 5.41) is 11.5. The lowest BCUT2D eigenvalue weighted by Crippen LogP contribution is -2.49. The number of aliphatic carboxylic acids is 1. The fourth-order valence-corrected chi connectivity index (χ4v) is 3.11. The molecule has 1 atom stereocenters. The number of amides is 3. The smallest absolute Gasteiger partial charge is 0.326 e. The first-order valence-corrected chi connectivity index (χ1v) is 7.90. The number of urea groups is 1. The van der Waals surface area contributed by atoms with E-state index in [4.69, 9.17) is 10.8 Å². The highest BCUT2D eigenvalue weighted by Gasteiger charge is 2.28. The van der Waals surface area contributed by atoms with Crippen molar-refractivity contribution in [3.05, 3.63) is 0 Å². The van der Waals surface area contributed by atoms with E-state index in [2.05, 4.69) is 19.2 Å². The normalized spacial score (nSPS) is 19.4. The number of nitrogens with two attached hydrogens (primary N) is 1. The zero-order valence-corrected chi connectivity index (χ0v) is 13.2. The number of carbonyl (C=O) groups excluding carboxylic acids is 2. The van der Waals surface area contributed by atoms with Crippen LogP contribution in [0.25, 0.3) is 0 Å². The van der Waals surface area contributed by atoms with Crippen molar-refractivity contribution in [2.75, 3.05) is 18.8 Å². The van der Waals surface area contributed by atoms with Crippen molar-refractivity contribution in [1.29, 1.82) is 0 Å². The number of carboxylic acids is 1. The third kappa shape index (κ3) is 6.24. The summed E-state index contributed by atoms with van der Waals surface area (Å²) in [6, 6.07) is -1.49. The molecule has 0 aromatic carbocycles. The van der Waals surface area contributed by atoms with Crippen LogP contribution >= 0.6 is 11.8 Å². The van der Waals surface area contributed by atoms with Crippen LogP contribution in [0.3, 0.4) is 0 Å². The van der Waals surface area contributed by atoms with Gasteiger partial charge in [0, 0.05) is 30.0 Å². The molecule has 120 valence electrons. The van der Waals surface area contributed by atoms with E-state index in [1.807, 2.05) is 0 Å². The lowest BCUT2D eigenvalue weighted by Gasteiger charge is -2.24. The van der Waals surface area contributed by atoms with Crippen LogP contribution in [0, 0.1) is 0 Å². The number of thioether (sulfide) groups is 1. The number of carboxylic acid groups (broad SMARTS) is 1. The molecule has 0 aliphatic carbocycles. The highest BCUT2D eigenvalue weighted by molar-refractivity contribution is 8.00. The first-order valence-electron chi connectivity index (χ1n) is 6.92. The highest BCUT2D eigenvalue weighted by Crippen LogP contribution is 2.30. The molecular formula is C13H23N3O4S. The van der Waals surface area contributed by atoms with Crippen LogP contribution in [0.1, 0.15) is 33.1 Å². The van der Waals surface area contributed by atoms with E-state index in [-0.39, 0.29) is 17.6 Å². The van der Waals surface area contributed by atoms with Gasteiger partial charge in [0.2, 0.25) is 5.91 Å². The highest BCUT2D eigenvalue weighted by atomic mass is 32.2. The Morgan fingerprint density at radius 3 is 2.62 bits per heavy atom. The average molecular weight is 317 g/mol. The maximum atomic E-state index is 12.1. The summed E-state index contributed by atoms with van der Waals surface area (Å²) < 4.78 is 0.118. The molecule has 0 aromatic heterocycles. The zero-order chi connectivity index (χ0) is 16.0. The molecule has 0 bridgehead atoms. The van der Waals surface area contributed by atoms with Crippen molar-refractivity contribution < 1.29 is 19.5 Å². The molecule has 0 aromatic rings. The molecule has 21 heavy (non-hydrogen) atoms.